The van der Waals surface area contributed by atoms with Gasteiger partial charge in [-0.05, 0) is 67.4 Å². The minimum absolute atomic E-state index is 0.138. The second-order valence-corrected chi connectivity index (χ2v) is 14.6. The van der Waals surface area contributed by atoms with Crippen molar-refractivity contribution in [3.8, 4) is 11.6 Å². The Morgan fingerprint density at radius 1 is 1.04 bits per heavy atom. The van der Waals surface area contributed by atoms with Gasteiger partial charge in [-0.3, -0.25) is 4.79 Å². The van der Waals surface area contributed by atoms with E-state index in [0.717, 1.165) is 56.2 Å². The van der Waals surface area contributed by atoms with Crippen LogP contribution in [0.3, 0.4) is 0 Å². The summed E-state index contributed by atoms with van der Waals surface area (Å²) in [4.78, 5) is 52.5. The highest BCUT2D eigenvalue weighted by Crippen LogP contribution is 2.57. The number of rotatable bonds is 3. The third-order valence-corrected chi connectivity index (χ3v) is 10.2. The van der Waals surface area contributed by atoms with E-state index in [9.17, 15) is 14.4 Å². The van der Waals surface area contributed by atoms with Crippen LogP contribution in [-0.4, -0.2) is 77.9 Å². The summed E-state index contributed by atoms with van der Waals surface area (Å²) >= 11 is 0. The average Bonchev–Trinajstić information content (AvgIpc) is 3.89. The lowest BCUT2D eigenvalue weighted by molar-refractivity contribution is -0.154. The monoisotopic (exact) mass is 622 g/mol. The number of aromatic nitrogens is 2. The highest BCUT2D eigenvalue weighted by Gasteiger charge is 2.62. The van der Waals surface area contributed by atoms with Crippen LogP contribution in [-0.2, 0) is 25.5 Å². The summed E-state index contributed by atoms with van der Waals surface area (Å²) in [6.07, 6.45) is 5.92. The van der Waals surface area contributed by atoms with E-state index in [0.29, 0.717) is 29.5 Å². The third-order valence-electron chi connectivity index (χ3n) is 10.2. The maximum Gasteiger partial charge on any atom is 0.408 e. The first-order chi connectivity index (χ1) is 21.4. The lowest BCUT2D eigenvalue weighted by Crippen LogP contribution is -2.57. The van der Waals surface area contributed by atoms with Crippen molar-refractivity contribution in [3.63, 3.8) is 0 Å². The molecule has 1 aromatic heterocycles. The summed E-state index contributed by atoms with van der Waals surface area (Å²) in [5.74, 6) is 0.219. The fraction of sp³-hybridized carbons (Fsp3) is 0.676. The van der Waals surface area contributed by atoms with Gasteiger partial charge in [0.25, 0.3) is 0 Å². The lowest BCUT2D eigenvalue weighted by atomic mass is 9.82. The number of methoxy groups -OCH3 is 2. The molecule has 11 nitrogen and oxygen atoms in total. The SMILES string of the molecule is COC(=O)[C@@H]1[C@H](C2(C)CC2)[C@@H]2CN1C(=O)[C@H](C(C)(C)C)NC(=O)O[C@@H]1C[C@H]1CCCCCc1nc3ccc(OC)cc3nc1O2. The zero-order valence-corrected chi connectivity index (χ0v) is 27.3. The predicted molar refractivity (Wildman–Crippen MR) is 166 cm³/mol. The molecule has 1 saturated heterocycles. The number of nitrogens with one attached hydrogen (secondary N) is 1. The number of aryl methyl sites for hydroxylation is 1. The van der Waals surface area contributed by atoms with Crippen LogP contribution in [0.2, 0.25) is 0 Å². The molecule has 2 bridgehead atoms. The molecule has 6 atom stereocenters. The van der Waals surface area contributed by atoms with E-state index in [4.69, 9.17) is 28.9 Å². The molecule has 11 heteroatoms. The largest absolute Gasteiger partial charge is 0.497 e. The second kappa shape index (κ2) is 11.9. The van der Waals surface area contributed by atoms with Gasteiger partial charge in [0.1, 0.15) is 35.7 Å². The Morgan fingerprint density at radius 2 is 1.82 bits per heavy atom. The molecule has 2 aromatic rings. The van der Waals surface area contributed by atoms with Crippen LogP contribution in [0.5, 0.6) is 11.6 Å². The van der Waals surface area contributed by atoms with Gasteiger partial charge in [0.05, 0.1) is 31.8 Å². The number of amides is 2. The van der Waals surface area contributed by atoms with Gasteiger partial charge in [0.2, 0.25) is 11.8 Å². The van der Waals surface area contributed by atoms with Crippen molar-refractivity contribution in [1.82, 2.24) is 20.2 Å². The smallest absolute Gasteiger partial charge is 0.408 e. The Labute approximate surface area is 264 Å². The molecule has 244 valence electrons. The number of esters is 1. The summed E-state index contributed by atoms with van der Waals surface area (Å²) in [6, 6.07) is 3.80. The van der Waals surface area contributed by atoms with E-state index in [1.165, 1.54) is 7.11 Å². The average molecular weight is 623 g/mol. The summed E-state index contributed by atoms with van der Waals surface area (Å²) in [6.45, 7) is 7.95. The number of nitrogens with zero attached hydrogens (tertiary/aromatic N) is 3. The minimum Gasteiger partial charge on any atom is -0.497 e. The molecule has 2 saturated carbocycles. The van der Waals surface area contributed by atoms with Crippen molar-refractivity contribution >= 4 is 29.0 Å². The van der Waals surface area contributed by atoms with Gasteiger partial charge in [-0.1, -0.05) is 40.5 Å². The van der Waals surface area contributed by atoms with E-state index in [1.807, 2.05) is 39.0 Å². The van der Waals surface area contributed by atoms with Crippen molar-refractivity contribution in [2.45, 2.75) is 103 Å². The Bertz CT molecular complexity index is 1470. The molecule has 3 fully saturated rings. The molecule has 2 amide bonds. The fourth-order valence-electron chi connectivity index (χ4n) is 7.14. The predicted octanol–water partition coefficient (Wildman–Crippen LogP) is 4.83. The van der Waals surface area contributed by atoms with Crippen LogP contribution in [0, 0.1) is 22.7 Å². The molecule has 4 aliphatic rings. The van der Waals surface area contributed by atoms with E-state index >= 15 is 0 Å². The van der Waals surface area contributed by atoms with Gasteiger partial charge in [-0.2, -0.15) is 0 Å². The number of hydrogen-bond acceptors (Lipinski definition) is 9. The van der Waals surface area contributed by atoms with Crippen LogP contribution in [0.15, 0.2) is 18.2 Å². The fourth-order valence-corrected chi connectivity index (χ4v) is 7.14. The first-order valence-electron chi connectivity index (χ1n) is 16.3. The van der Waals surface area contributed by atoms with Crippen LogP contribution in [0.1, 0.15) is 78.3 Å². The Hall–Kier alpha value is -3.63. The zero-order chi connectivity index (χ0) is 32.1. The number of carbonyl (C=O) groups is 3. The first kappa shape index (κ1) is 31.4. The maximum atomic E-state index is 14.4. The molecular formula is C34H46N4O7. The summed E-state index contributed by atoms with van der Waals surface area (Å²) in [5.41, 5.74) is 1.28. The van der Waals surface area contributed by atoms with E-state index < -0.39 is 35.7 Å². The van der Waals surface area contributed by atoms with Crippen molar-refractivity contribution in [3.05, 3.63) is 23.9 Å². The second-order valence-electron chi connectivity index (χ2n) is 14.6. The first-order valence-corrected chi connectivity index (χ1v) is 16.3. The summed E-state index contributed by atoms with van der Waals surface area (Å²) in [7, 11) is 2.96. The van der Waals surface area contributed by atoms with Crippen LogP contribution in [0.4, 0.5) is 4.79 Å². The summed E-state index contributed by atoms with van der Waals surface area (Å²) < 4.78 is 23.3. The molecule has 1 aromatic carbocycles. The number of benzene rings is 1. The van der Waals surface area contributed by atoms with Crippen molar-refractivity contribution in [2.75, 3.05) is 20.8 Å². The Balaban J connectivity index is 1.42. The quantitative estimate of drug-likeness (QED) is 0.479. The maximum absolute atomic E-state index is 14.4. The van der Waals surface area contributed by atoms with Gasteiger partial charge in [0.15, 0.2) is 0 Å². The molecule has 2 aliphatic heterocycles. The summed E-state index contributed by atoms with van der Waals surface area (Å²) in [5, 5.41) is 2.86. The Kier molecular flexibility index (Phi) is 8.33. The third kappa shape index (κ3) is 6.40. The standard InChI is InChI=1S/C34H46N4O7/c1-33(2,3)28-30(39)38-18-25(26(34(4)14-15-34)27(38)31(40)43-6)44-29-22(35-21-13-12-20(42-5)17-23(21)36-29)11-9-7-8-10-19-16-24(19)45-32(41)37-28/h12-13,17,19,24-28H,7-11,14-16,18H2,1-6H3,(H,37,41)/t19-,24-,25+,26-,27+,28-/m1/s1. The van der Waals surface area contributed by atoms with Gasteiger partial charge in [-0.15, -0.1) is 0 Å². The topological polar surface area (TPSA) is 129 Å². The van der Waals surface area contributed by atoms with Crippen molar-refractivity contribution in [2.24, 2.45) is 22.7 Å². The highest BCUT2D eigenvalue weighted by molar-refractivity contribution is 5.91. The normalized spacial score (nSPS) is 30.0. The van der Waals surface area contributed by atoms with Crippen molar-refractivity contribution in [1.29, 1.82) is 0 Å². The van der Waals surface area contributed by atoms with Crippen LogP contribution in [0.25, 0.3) is 11.0 Å². The van der Waals surface area contributed by atoms with Gasteiger partial charge in [-0.25, -0.2) is 19.6 Å². The number of carbonyl (C=O) groups excluding carboxylic acids is 3. The van der Waals surface area contributed by atoms with E-state index in [2.05, 4.69) is 12.2 Å². The van der Waals surface area contributed by atoms with E-state index in [-0.39, 0.29) is 29.9 Å². The highest BCUT2D eigenvalue weighted by atomic mass is 16.6. The molecule has 0 radical (unpaired) electrons. The number of alkyl carbamates (subject to hydrolysis) is 1. The van der Waals surface area contributed by atoms with Gasteiger partial charge >= 0.3 is 12.1 Å². The van der Waals surface area contributed by atoms with Gasteiger partial charge in [0, 0.05) is 12.0 Å². The van der Waals surface area contributed by atoms with Crippen LogP contribution < -0.4 is 14.8 Å². The number of fused-ring (bicyclic) bond motifs is 5. The number of hydrogen-bond donors (Lipinski definition) is 1. The molecule has 0 unspecified atom stereocenters. The molecule has 1 N–H and O–H groups in total. The molecule has 0 spiro atoms. The van der Waals surface area contributed by atoms with E-state index in [1.54, 1.807) is 12.0 Å². The molecule has 45 heavy (non-hydrogen) atoms. The van der Waals surface area contributed by atoms with Crippen LogP contribution >= 0.6 is 0 Å². The zero-order valence-electron chi connectivity index (χ0n) is 27.3. The molecule has 2 aliphatic carbocycles. The Morgan fingerprint density at radius 3 is 2.51 bits per heavy atom. The molecule has 6 rings (SSSR count). The lowest BCUT2D eigenvalue weighted by Gasteiger charge is -2.36. The number of ether oxygens (including phenoxy) is 4. The van der Waals surface area contributed by atoms with Crippen molar-refractivity contribution < 1.29 is 33.3 Å². The van der Waals surface area contributed by atoms with Gasteiger partial charge < -0.3 is 29.2 Å². The minimum atomic E-state index is -0.928. The molecular weight excluding hydrogens is 576 g/mol. The molecule has 3 heterocycles.